The maximum atomic E-state index is 13.0. The highest BCUT2D eigenvalue weighted by molar-refractivity contribution is 5.92. The van der Waals surface area contributed by atoms with Crippen LogP contribution in [0.1, 0.15) is 42.7 Å². The summed E-state index contributed by atoms with van der Waals surface area (Å²) < 4.78 is 13.0. The van der Waals surface area contributed by atoms with Gasteiger partial charge in [-0.1, -0.05) is 23.7 Å². The molecule has 2 aromatic rings. The van der Waals surface area contributed by atoms with E-state index in [4.69, 9.17) is 4.84 Å². The zero-order valence-electron chi connectivity index (χ0n) is 14.9. The molecule has 8 nitrogen and oxygen atoms in total. The number of hydrogen-bond acceptors (Lipinski definition) is 6. The van der Waals surface area contributed by atoms with Crippen LogP contribution in [0.2, 0.25) is 0 Å². The van der Waals surface area contributed by atoms with Crippen LogP contribution in [-0.4, -0.2) is 15.6 Å². The fourth-order valence-electron chi connectivity index (χ4n) is 3.31. The van der Waals surface area contributed by atoms with Crippen molar-refractivity contribution in [2.45, 2.75) is 38.2 Å². The van der Waals surface area contributed by atoms with Crippen LogP contribution in [0.4, 0.5) is 15.8 Å². The summed E-state index contributed by atoms with van der Waals surface area (Å²) in [5.41, 5.74) is 1.22. The second-order valence-electron chi connectivity index (χ2n) is 6.54. The first-order valence-electron chi connectivity index (χ1n) is 8.81. The van der Waals surface area contributed by atoms with Gasteiger partial charge in [-0.25, -0.2) is 4.39 Å². The second kappa shape index (κ2) is 8.55. The number of hydrogen-bond donors (Lipinski definition) is 0. The smallest absolute Gasteiger partial charge is 0.280 e. The molecule has 0 heterocycles. The third kappa shape index (κ3) is 4.48. The van der Waals surface area contributed by atoms with E-state index in [0.29, 0.717) is 24.1 Å². The molecule has 0 spiro atoms. The Morgan fingerprint density at radius 1 is 1.07 bits per heavy atom. The minimum atomic E-state index is -0.654. The van der Waals surface area contributed by atoms with Gasteiger partial charge in [-0.2, -0.15) is 0 Å². The predicted octanol–water partition coefficient (Wildman–Crippen LogP) is 4.87. The standard InChI is InChI=1S/C19H18FN3O5/c20-14-7-5-13(6-8-14)12-28-21-18-4-2-1-3-16(18)17-10-9-15(22(24)25)11-19(17)23(26)27/h5-11,16H,1-4,12H2/b21-18+. The van der Waals surface area contributed by atoms with Gasteiger partial charge in [0.05, 0.1) is 21.6 Å². The average molecular weight is 387 g/mol. The molecule has 0 saturated heterocycles. The first-order chi connectivity index (χ1) is 13.5. The van der Waals surface area contributed by atoms with E-state index in [1.54, 1.807) is 12.1 Å². The zero-order valence-corrected chi connectivity index (χ0v) is 14.9. The quantitative estimate of drug-likeness (QED) is 0.519. The van der Waals surface area contributed by atoms with Crippen molar-refractivity contribution in [1.29, 1.82) is 0 Å². The predicted molar refractivity (Wildman–Crippen MR) is 99.6 cm³/mol. The van der Waals surface area contributed by atoms with E-state index >= 15 is 0 Å². The van der Waals surface area contributed by atoms with Crippen LogP contribution < -0.4 is 0 Å². The Morgan fingerprint density at radius 2 is 1.82 bits per heavy atom. The molecular weight excluding hydrogens is 369 g/mol. The van der Waals surface area contributed by atoms with Gasteiger partial charge in [-0.05, 0) is 43.0 Å². The molecule has 0 bridgehead atoms. The molecule has 0 aromatic heterocycles. The van der Waals surface area contributed by atoms with Gasteiger partial charge in [0, 0.05) is 17.5 Å². The Balaban J connectivity index is 1.83. The molecule has 28 heavy (non-hydrogen) atoms. The monoisotopic (exact) mass is 387 g/mol. The SMILES string of the molecule is O=[N+]([O-])c1ccc(C2CCCC/C2=N\OCc2ccc(F)cc2)c([N+](=O)[O-])c1. The van der Waals surface area contributed by atoms with Gasteiger partial charge in [-0.15, -0.1) is 0 Å². The lowest BCUT2D eigenvalue weighted by Gasteiger charge is -2.23. The topological polar surface area (TPSA) is 108 Å². The zero-order chi connectivity index (χ0) is 20.1. The lowest BCUT2D eigenvalue weighted by Crippen LogP contribution is -2.19. The molecule has 0 N–H and O–H groups in total. The van der Waals surface area contributed by atoms with Crippen molar-refractivity contribution in [1.82, 2.24) is 0 Å². The Bertz CT molecular complexity index is 914. The molecule has 1 fully saturated rings. The van der Waals surface area contributed by atoms with Gasteiger partial charge in [-0.3, -0.25) is 20.2 Å². The number of rotatable bonds is 6. The number of oxime groups is 1. The van der Waals surface area contributed by atoms with E-state index in [9.17, 15) is 24.6 Å². The highest BCUT2D eigenvalue weighted by Crippen LogP contribution is 2.37. The summed E-state index contributed by atoms with van der Waals surface area (Å²) in [6.07, 6.45) is 3.03. The van der Waals surface area contributed by atoms with Crippen molar-refractivity contribution >= 4 is 17.1 Å². The van der Waals surface area contributed by atoms with Crippen LogP contribution in [0.25, 0.3) is 0 Å². The van der Waals surface area contributed by atoms with Crippen molar-refractivity contribution in [3.05, 3.63) is 79.6 Å². The summed E-state index contributed by atoms with van der Waals surface area (Å²) in [6, 6.07) is 9.53. The molecule has 9 heteroatoms. The Kier molecular flexibility index (Phi) is 5.93. The lowest BCUT2D eigenvalue weighted by molar-refractivity contribution is -0.394. The Labute approximate surface area is 159 Å². The minimum Gasteiger partial charge on any atom is -0.391 e. The highest BCUT2D eigenvalue weighted by Gasteiger charge is 2.30. The van der Waals surface area contributed by atoms with Gasteiger partial charge in [0.2, 0.25) is 0 Å². The molecule has 146 valence electrons. The molecular formula is C19H18FN3O5. The van der Waals surface area contributed by atoms with Crippen LogP contribution in [0, 0.1) is 26.0 Å². The van der Waals surface area contributed by atoms with E-state index in [0.717, 1.165) is 24.5 Å². The summed E-state index contributed by atoms with van der Waals surface area (Å²) in [7, 11) is 0. The summed E-state index contributed by atoms with van der Waals surface area (Å²) in [6.45, 7) is 0.152. The van der Waals surface area contributed by atoms with Crippen LogP contribution in [0.3, 0.4) is 0 Å². The third-order valence-electron chi connectivity index (χ3n) is 4.70. The molecule has 1 atom stereocenters. The Hall–Kier alpha value is -3.36. The van der Waals surface area contributed by atoms with Gasteiger partial charge in [0.1, 0.15) is 12.4 Å². The molecule has 1 aliphatic rings. The van der Waals surface area contributed by atoms with E-state index in [1.165, 1.54) is 24.3 Å². The van der Waals surface area contributed by atoms with E-state index in [2.05, 4.69) is 5.16 Å². The van der Waals surface area contributed by atoms with Crippen LogP contribution in [-0.2, 0) is 11.4 Å². The van der Waals surface area contributed by atoms with E-state index in [1.807, 2.05) is 0 Å². The fourth-order valence-corrected chi connectivity index (χ4v) is 3.31. The molecule has 1 saturated carbocycles. The first kappa shape index (κ1) is 19.4. The van der Waals surface area contributed by atoms with Crippen molar-refractivity contribution < 1.29 is 19.1 Å². The molecule has 0 radical (unpaired) electrons. The van der Waals surface area contributed by atoms with E-state index < -0.39 is 9.85 Å². The second-order valence-corrected chi connectivity index (χ2v) is 6.54. The number of nitro groups is 2. The van der Waals surface area contributed by atoms with Gasteiger partial charge in [0.25, 0.3) is 11.4 Å². The summed E-state index contributed by atoms with van der Waals surface area (Å²) in [5, 5.41) is 26.6. The first-order valence-corrected chi connectivity index (χ1v) is 8.81. The number of nitro benzene ring substituents is 2. The van der Waals surface area contributed by atoms with Gasteiger partial charge in [0.15, 0.2) is 0 Å². The molecule has 1 unspecified atom stereocenters. The number of halogens is 1. The summed E-state index contributed by atoms with van der Waals surface area (Å²) in [4.78, 5) is 26.5. The molecule has 1 aliphatic carbocycles. The van der Waals surface area contributed by atoms with Gasteiger partial charge < -0.3 is 4.84 Å². The molecule has 2 aromatic carbocycles. The van der Waals surface area contributed by atoms with Gasteiger partial charge >= 0.3 is 0 Å². The van der Waals surface area contributed by atoms with Crippen LogP contribution in [0.5, 0.6) is 0 Å². The van der Waals surface area contributed by atoms with Crippen molar-refractivity contribution in [2.75, 3.05) is 0 Å². The van der Waals surface area contributed by atoms with Crippen molar-refractivity contribution in [2.24, 2.45) is 5.16 Å². The third-order valence-corrected chi connectivity index (χ3v) is 4.70. The average Bonchev–Trinajstić information content (AvgIpc) is 2.69. The number of nitrogens with zero attached hydrogens (tertiary/aromatic N) is 3. The Morgan fingerprint density at radius 3 is 2.50 bits per heavy atom. The summed E-state index contributed by atoms with van der Waals surface area (Å²) in [5.74, 6) is -0.670. The normalized spacial score (nSPS) is 18.0. The fraction of sp³-hybridized carbons (Fsp3) is 0.316. The van der Waals surface area contributed by atoms with Crippen molar-refractivity contribution in [3.63, 3.8) is 0 Å². The number of non-ortho nitro benzene ring substituents is 1. The maximum absolute atomic E-state index is 13.0. The molecule has 3 rings (SSSR count). The lowest BCUT2D eigenvalue weighted by atomic mass is 9.81. The number of benzene rings is 2. The minimum absolute atomic E-state index is 0.152. The molecule has 0 aliphatic heterocycles. The van der Waals surface area contributed by atoms with Crippen molar-refractivity contribution in [3.8, 4) is 0 Å². The largest absolute Gasteiger partial charge is 0.391 e. The maximum Gasteiger partial charge on any atom is 0.280 e. The molecule has 0 amide bonds. The van der Waals surface area contributed by atoms with Crippen LogP contribution in [0.15, 0.2) is 47.6 Å². The van der Waals surface area contributed by atoms with E-state index in [-0.39, 0.29) is 29.7 Å². The summed E-state index contributed by atoms with van der Waals surface area (Å²) >= 11 is 0. The van der Waals surface area contributed by atoms with Crippen LogP contribution >= 0.6 is 0 Å². The highest BCUT2D eigenvalue weighted by atomic mass is 19.1.